The topological polar surface area (TPSA) is 113 Å². The highest BCUT2D eigenvalue weighted by atomic mass is 19.1. The number of fused-ring (bicyclic) bond motifs is 1. The number of H-pyrrole nitrogens is 1. The quantitative estimate of drug-likeness (QED) is 0.644. The van der Waals surface area contributed by atoms with Gasteiger partial charge in [-0.05, 0) is 6.92 Å². The first-order valence-electron chi connectivity index (χ1n) is 6.01. The van der Waals surface area contributed by atoms with Crippen molar-refractivity contribution in [2.75, 3.05) is 6.61 Å². The molecule has 0 spiro atoms. The number of hydrogen-bond donors (Lipinski definition) is 3. The first kappa shape index (κ1) is 13.2. The normalized spacial score (nSPS) is 33.9. The van der Waals surface area contributed by atoms with E-state index in [2.05, 4.69) is 15.0 Å². The van der Waals surface area contributed by atoms with Crippen molar-refractivity contribution in [2.45, 2.75) is 31.0 Å². The fourth-order valence-corrected chi connectivity index (χ4v) is 2.45. The van der Waals surface area contributed by atoms with Gasteiger partial charge in [-0.25, -0.2) is 14.4 Å². The molecule has 20 heavy (non-hydrogen) atoms. The third-order valence-corrected chi connectivity index (χ3v) is 3.58. The monoisotopic (exact) mass is 284 g/mol. The van der Waals surface area contributed by atoms with Crippen LogP contribution in [0.3, 0.4) is 0 Å². The summed E-state index contributed by atoms with van der Waals surface area (Å²) < 4.78 is 21.0. The highest BCUT2D eigenvalue weighted by Crippen LogP contribution is 2.38. The number of aromatic amines is 1. The van der Waals surface area contributed by atoms with Crippen LogP contribution in [-0.4, -0.2) is 54.7 Å². The van der Waals surface area contributed by atoms with Gasteiger partial charge in [-0.1, -0.05) is 0 Å². The van der Waals surface area contributed by atoms with Crippen LogP contribution in [0.4, 0.5) is 4.39 Å². The number of aromatic nitrogens is 4. The third kappa shape index (κ3) is 1.60. The summed E-state index contributed by atoms with van der Waals surface area (Å²) in [5, 5.41) is 18.8. The van der Waals surface area contributed by atoms with Crippen molar-refractivity contribution in [3.05, 3.63) is 23.0 Å². The van der Waals surface area contributed by atoms with Crippen molar-refractivity contribution < 1.29 is 19.3 Å². The van der Waals surface area contributed by atoms with E-state index in [4.69, 9.17) is 9.84 Å². The lowest BCUT2D eigenvalue weighted by molar-refractivity contribution is -0.118. The van der Waals surface area contributed by atoms with E-state index in [1.165, 1.54) is 24.1 Å². The van der Waals surface area contributed by atoms with E-state index >= 15 is 0 Å². The van der Waals surface area contributed by atoms with Gasteiger partial charge in [0, 0.05) is 0 Å². The maximum absolute atomic E-state index is 14.3. The Bertz CT molecular complexity index is 701. The summed E-state index contributed by atoms with van der Waals surface area (Å²) in [5.74, 6) is 0. The lowest BCUT2D eigenvalue weighted by Crippen LogP contribution is -2.40. The average molecular weight is 284 g/mol. The molecule has 0 radical (unpaired) electrons. The molecule has 1 aliphatic rings. The van der Waals surface area contributed by atoms with E-state index < -0.39 is 36.3 Å². The van der Waals surface area contributed by atoms with Gasteiger partial charge in [-0.3, -0.25) is 9.36 Å². The molecule has 0 aliphatic carbocycles. The van der Waals surface area contributed by atoms with Crippen LogP contribution in [0.25, 0.3) is 11.2 Å². The fourth-order valence-electron chi connectivity index (χ4n) is 2.45. The van der Waals surface area contributed by atoms with E-state index in [0.29, 0.717) is 0 Å². The molecule has 108 valence electrons. The summed E-state index contributed by atoms with van der Waals surface area (Å²) in [7, 11) is 0. The van der Waals surface area contributed by atoms with Gasteiger partial charge < -0.3 is 19.9 Å². The number of halogens is 1. The smallest absolute Gasteiger partial charge is 0.278 e. The summed E-state index contributed by atoms with van der Waals surface area (Å²) in [6.45, 7) is 0.887. The predicted octanol–water partition coefficient (Wildman–Crippen LogP) is -1.12. The maximum Gasteiger partial charge on any atom is 0.278 e. The number of imidazole rings is 1. The van der Waals surface area contributed by atoms with Crippen LogP contribution >= 0.6 is 0 Å². The zero-order valence-corrected chi connectivity index (χ0v) is 10.5. The lowest BCUT2D eigenvalue weighted by atomic mass is 10.1. The fraction of sp³-hybridized carbons (Fsp3) is 0.545. The Labute approximate surface area is 111 Å². The Morgan fingerprint density at radius 2 is 2.35 bits per heavy atom. The Balaban J connectivity index is 2.15. The van der Waals surface area contributed by atoms with Crippen molar-refractivity contribution in [3.63, 3.8) is 0 Å². The molecule has 3 heterocycles. The molecule has 0 unspecified atom stereocenters. The van der Waals surface area contributed by atoms with Gasteiger partial charge in [0.25, 0.3) is 5.56 Å². The van der Waals surface area contributed by atoms with Crippen LogP contribution in [0.2, 0.25) is 0 Å². The largest absolute Gasteiger partial charge is 0.394 e. The second kappa shape index (κ2) is 4.33. The molecule has 9 heteroatoms. The predicted molar refractivity (Wildman–Crippen MR) is 64.7 cm³/mol. The number of ether oxygens (including phenoxy) is 1. The molecular formula is C11H13FN4O4. The minimum atomic E-state index is -1.79. The number of nitrogens with zero attached hydrogens (tertiary/aromatic N) is 3. The molecular weight excluding hydrogens is 271 g/mol. The minimum Gasteiger partial charge on any atom is -0.394 e. The first-order chi connectivity index (χ1) is 9.49. The van der Waals surface area contributed by atoms with E-state index in [1.54, 1.807) is 0 Å². The Hall–Kier alpha value is -1.84. The van der Waals surface area contributed by atoms with Gasteiger partial charge in [-0.2, -0.15) is 0 Å². The molecule has 0 amide bonds. The molecule has 1 aliphatic heterocycles. The van der Waals surface area contributed by atoms with Crippen molar-refractivity contribution >= 4 is 11.2 Å². The maximum atomic E-state index is 14.3. The third-order valence-electron chi connectivity index (χ3n) is 3.58. The number of aliphatic hydroxyl groups is 2. The number of nitrogens with one attached hydrogen (secondary N) is 1. The van der Waals surface area contributed by atoms with Gasteiger partial charge >= 0.3 is 0 Å². The van der Waals surface area contributed by atoms with Crippen LogP contribution in [0.5, 0.6) is 0 Å². The van der Waals surface area contributed by atoms with E-state index in [1.807, 2.05) is 0 Å². The van der Waals surface area contributed by atoms with Gasteiger partial charge in [0.05, 0.1) is 19.3 Å². The highest BCUT2D eigenvalue weighted by molar-refractivity contribution is 5.69. The van der Waals surface area contributed by atoms with Crippen LogP contribution in [0, 0.1) is 0 Å². The first-order valence-corrected chi connectivity index (χ1v) is 6.01. The Kier molecular flexibility index (Phi) is 2.85. The molecule has 3 N–H and O–H groups in total. The van der Waals surface area contributed by atoms with Crippen LogP contribution in [-0.2, 0) is 10.5 Å². The highest BCUT2D eigenvalue weighted by Gasteiger charge is 2.54. The van der Waals surface area contributed by atoms with E-state index in [9.17, 15) is 14.3 Å². The number of hydrogen-bond acceptors (Lipinski definition) is 6. The number of aliphatic hydroxyl groups excluding tert-OH is 2. The second-order valence-electron chi connectivity index (χ2n) is 4.80. The number of rotatable bonds is 2. The SMILES string of the molecule is C[C@@]1(n2cnc3c(=O)[nH]cnc32)O[C@H](CO)[C@@H](O)[C@H]1F. The van der Waals surface area contributed by atoms with Gasteiger partial charge in [0.2, 0.25) is 0 Å². The minimum absolute atomic E-state index is 0.0477. The summed E-state index contributed by atoms with van der Waals surface area (Å²) in [6, 6.07) is 0. The van der Waals surface area contributed by atoms with Crippen molar-refractivity contribution in [2.24, 2.45) is 0 Å². The summed E-state index contributed by atoms with van der Waals surface area (Å²) in [5.41, 5.74) is -1.86. The summed E-state index contributed by atoms with van der Waals surface area (Å²) in [4.78, 5) is 21.8. The van der Waals surface area contributed by atoms with E-state index in [-0.39, 0.29) is 11.2 Å². The molecule has 0 saturated carbocycles. The molecule has 1 fully saturated rings. The lowest BCUT2D eigenvalue weighted by Gasteiger charge is -2.28. The van der Waals surface area contributed by atoms with Gasteiger partial charge in [0.1, 0.15) is 12.2 Å². The van der Waals surface area contributed by atoms with E-state index in [0.717, 1.165) is 0 Å². The number of alkyl halides is 1. The van der Waals surface area contributed by atoms with Gasteiger partial charge in [0.15, 0.2) is 23.1 Å². The molecule has 1 saturated heterocycles. The molecule has 8 nitrogen and oxygen atoms in total. The van der Waals surface area contributed by atoms with Gasteiger partial charge in [-0.15, -0.1) is 0 Å². The van der Waals surface area contributed by atoms with Crippen molar-refractivity contribution in [1.29, 1.82) is 0 Å². The zero-order valence-electron chi connectivity index (χ0n) is 10.5. The Morgan fingerprint density at radius 3 is 3.00 bits per heavy atom. The van der Waals surface area contributed by atoms with Crippen LogP contribution < -0.4 is 5.56 Å². The van der Waals surface area contributed by atoms with Crippen LogP contribution in [0.1, 0.15) is 6.92 Å². The summed E-state index contributed by atoms with van der Waals surface area (Å²) in [6.07, 6.45) is -1.91. The standard InChI is InChI=1S/C11H13FN4O4/c1-11(8(12)7(18)5(2-17)20-11)16-4-15-6-9(16)13-3-14-10(6)19/h3-5,7-8,17-18H,2H2,1H3,(H,13,14,19)/t5-,7-,8-,11-/m1/s1. The molecule has 4 atom stereocenters. The van der Waals surface area contributed by atoms with Crippen molar-refractivity contribution in [1.82, 2.24) is 19.5 Å². The zero-order chi connectivity index (χ0) is 14.5. The molecule has 3 rings (SSSR count). The molecule has 0 bridgehead atoms. The average Bonchev–Trinajstić information content (AvgIpc) is 2.96. The summed E-state index contributed by atoms with van der Waals surface area (Å²) >= 11 is 0. The molecule has 2 aromatic rings. The molecule has 2 aromatic heterocycles. The second-order valence-corrected chi connectivity index (χ2v) is 4.80. The van der Waals surface area contributed by atoms with Crippen molar-refractivity contribution in [3.8, 4) is 0 Å². The molecule has 0 aromatic carbocycles. The Morgan fingerprint density at radius 1 is 1.60 bits per heavy atom. The van der Waals surface area contributed by atoms with Crippen LogP contribution in [0.15, 0.2) is 17.4 Å².